The van der Waals surface area contributed by atoms with Crippen LogP contribution < -0.4 is 5.32 Å². The third-order valence-corrected chi connectivity index (χ3v) is 5.49. The number of imide groups is 1. The summed E-state index contributed by atoms with van der Waals surface area (Å²) >= 11 is 2.27. The van der Waals surface area contributed by atoms with E-state index in [1.165, 1.54) is 16.2 Å². The number of amides is 3. The predicted molar refractivity (Wildman–Crippen MR) is 113 cm³/mol. The first-order chi connectivity index (χ1) is 13.5. The fourth-order valence-corrected chi connectivity index (χ4v) is 4.08. The van der Waals surface area contributed by atoms with Gasteiger partial charge in [0.1, 0.15) is 0 Å². The molecule has 0 bridgehead atoms. The Morgan fingerprint density at radius 2 is 2.04 bits per heavy atom. The lowest BCUT2D eigenvalue weighted by atomic mass is 10.1. The average Bonchev–Trinajstić information content (AvgIpc) is 3.26. The van der Waals surface area contributed by atoms with E-state index in [2.05, 4.69) is 10.3 Å². The maximum absolute atomic E-state index is 12.5. The van der Waals surface area contributed by atoms with E-state index in [-0.39, 0.29) is 30.0 Å². The van der Waals surface area contributed by atoms with Gasteiger partial charge in [-0.15, -0.1) is 11.3 Å². The predicted octanol–water partition coefficient (Wildman–Crippen LogP) is 4.54. The summed E-state index contributed by atoms with van der Waals surface area (Å²) in [5.74, 6) is -0.491. The summed E-state index contributed by atoms with van der Waals surface area (Å²) in [6.07, 6.45) is 5.92. The highest BCUT2D eigenvalue weighted by Gasteiger charge is 2.34. The number of hydrogen-bond donors (Lipinski definition) is 1. The van der Waals surface area contributed by atoms with Crippen LogP contribution in [0, 0.1) is 0 Å². The van der Waals surface area contributed by atoms with Crippen molar-refractivity contribution in [1.82, 2.24) is 9.88 Å². The number of nitrogens with one attached hydrogen (secondary N) is 1. The third kappa shape index (κ3) is 5.40. The molecule has 0 spiro atoms. The normalized spacial score (nSPS) is 16.1. The van der Waals surface area contributed by atoms with E-state index in [1.807, 2.05) is 43.3 Å². The van der Waals surface area contributed by atoms with Crippen LogP contribution in [-0.2, 0) is 9.59 Å². The fraction of sp³-hybridized carbons (Fsp3) is 0.200. The van der Waals surface area contributed by atoms with Crippen LogP contribution in [-0.4, -0.2) is 33.5 Å². The number of aromatic nitrogens is 1. The van der Waals surface area contributed by atoms with Crippen molar-refractivity contribution in [3.63, 3.8) is 0 Å². The largest absolute Gasteiger partial charge is 0.302 e. The molecule has 1 N–H and O–H groups in total. The molecule has 144 valence electrons. The zero-order chi connectivity index (χ0) is 19.9. The van der Waals surface area contributed by atoms with Gasteiger partial charge < -0.3 is 5.32 Å². The zero-order valence-corrected chi connectivity index (χ0v) is 16.9. The number of rotatable bonds is 7. The zero-order valence-electron chi connectivity index (χ0n) is 15.3. The molecular formula is C20H19N3O3S2. The number of thiazole rings is 1. The second-order valence-corrected chi connectivity index (χ2v) is 8.01. The molecule has 2 aromatic rings. The van der Waals surface area contributed by atoms with E-state index in [0.717, 1.165) is 22.9 Å². The molecule has 8 heteroatoms. The molecular weight excluding hydrogens is 394 g/mol. The minimum atomic E-state index is -0.309. The van der Waals surface area contributed by atoms with Crippen LogP contribution in [0.3, 0.4) is 0 Å². The minimum Gasteiger partial charge on any atom is -0.302 e. The van der Waals surface area contributed by atoms with Crippen LogP contribution in [0.4, 0.5) is 9.93 Å². The first-order valence-corrected chi connectivity index (χ1v) is 10.4. The van der Waals surface area contributed by atoms with Crippen molar-refractivity contribution in [2.75, 3.05) is 11.9 Å². The van der Waals surface area contributed by atoms with Crippen molar-refractivity contribution in [3.05, 3.63) is 64.0 Å². The second-order valence-electron chi connectivity index (χ2n) is 6.12. The van der Waals surface area contributed by atoms with Gasteiger partial charge in [-0.1, -0.05) is 36.4 Å². The first kappa shape index (κ1) is 20.0. The van der Waals surface area contributed by atoms with E-state index >= 15 is 0 Å². The van der Waals surface area contributed by atoms with Gasteiger partial charge in [-0.25, -0.2) is 4.98 Å². The summed E-state index contributed by atoms with van der Waals surface area (Å²) in [6.45, 7) is 2.11. The van der Waals surface area contributed by atoms with Gasteiger partial charge >= 0.3 is 0 Å². The molecule has 0 unspecified atom stereocenters. The van der Waals surface area contributed by atoms with E-state index in [1.54, 1.807) is 17.7 Å². The second kappa shape index (κ2) is 9.48. The lowest BCUT2D eigenvalue weighted by Gasteiger charge is -2.11. The number of nitrogens with zero attached hydrogens (tertiary/aromatic N) is 2. The summed E-state index contributed by atoms with van der Waals surface area (Å²) in [6, 6.07) is 9.77. The highest BCUT2D eigenvalue weighted by atomic mass is 32.2. The molecule has 1 aromatic heterocycles. The van der Waals surface area contributed by atoms with Crippen LogP contribution >= 0.6 is 23.1 Å². The lowest BCUT2D eigenvalue weighted by Crippen LogP contribution is -2.29. The number of benzene rings is 1. The quantitative estimate of drug-likeness (QED) is 0.674. The van der Waals surface area contributed by atoms with Gasteiger partial charge in [-0.3, -0.25) is 19.3 Å². The van der Waals surface area contributed by atoms with Gasteiger partial charge in [-0.2, -0.15) is 0 Å². The Kier molecular flexibility index (Phi) is 6.78. The Morgan fingerprint density at radius 3 is 2.75 bits per heavy atom. The highest BCUT2D eigenvalue weighted by molar-refractivity contribution is 8.18. The Morgan fingerprint density at radius 1 is 1.25 bits per heavy atom. The monoisotopic (exact) mass is 413 g/mol. The number of anilines is 1. The van der Waals surface area contributed by atoms with Crippen molar-refractivity contribution in [2.24, 2.45) is 0 Å². The molecule has 6 nitrogen and oxygen atoms in total. The summed E-state index contributed by atoms with van der Waals surface area (Å²) < 4.78 is 0. The van der Waals surface area contributed by atoms with Crippen LogP contribution in [0.2, 0.25) is 0 Å². The summed E-state index contributed by atoms with van der Waals surface area (Å²) in [5.41, 5.74) is 1.92. The Hall–Kier alpha value is -2.71. The molecule has 3 rings (SSSR count). The molecule has 28 heavy (non-hydrogen) atoms. The maximum Gasteiger partial charge on any atom is 0.293 e. The molecule has 1 aromatic carbocycles. The van der Waals surface area contributed by atoms with Crippen LogP contribution in [0.25, 0.3) is 6.08 Å². The van der Waals surface area contributed by atoms with Crippen LogP contribution in [0.5, 0.6) is 0 Å². The number of thioether (sulfide) groups is 1. The van der Waals surface area contributed by atoms with Gasteiger partial charge in [-0.05, 0) is 42.3 Å². The summed E-state index contributed by atoms with van der Waals surface area (Å²) in [4.78, 5) is 42.1. The minimum absolute atomic E-state index is 0.181. The third-order valence-electron chi connectivity index (χ3n) is 3.89. The van der Waals surface area contributed by atoms with Crippen molar-refractivity contribution >= 4 is 51.4 Å². The maximum atomic E-state index is 12.5. The van der Waals surface area contributed by atoms with Gasteiger partial charge in [0, 0.05) is 24.5 Å². The molecule has 1 aliphatic rings. The Balaban J connectivity index is 1.54. The smallest absolute Gasteiger partial charge is 0.293 e. The molecule has 1 fully saturated rings. The van der Waals surface area contributed by atoms with Gasteiger partial charge in [0.25, 0.3) is 11.1 Å². The van der Waals surface area contributed by atoms with E-state index in [0.29, 0.717) is 16.5 Å². The first-order valence-electron chi connectivity index (χ1n) is 8.71. The molecule has 1 aliphatic heterocycles. The van der Waals surface area contributed by atoms with Crippen LogP contribution in [0.15, 0.2) is 58.5 Å². The van der Waals surface area contributed by atoms with Crippen LogP contribution in [0.1, 0.15) is 25.3 Å². The van der Waals surface area contributed by atoms with Gasteiger partial charge in [0.05, 0.1) is 4.91 Å². The van der Waals surface area contributed by atoms with E-state index in [9.17, 15) is 14.4 Å². The molecule has 0 atom stereocenters. The molecule has 1 saturated heterocycles. The molecule has 0 aliphatic carbocycles. The number of carbonyl (C=O) groups excluding carboxylic acids is 3. The molecule has 0 radical (unpaired) electrons. The molecule has 3 amide bonds. The molecule has 2 heterocycles. The summed E-state index contributed by atoms with van der Waals surface area (Å²) in [7, 11) is 0. The van der Waals surface area contributed by atoms with Crippen molar-refractivity contribution in [1.29, 1.82) is 0 Å². The number of allylic oxidation sites excluding steroid dienone is 2. The van der Waals surface area contributed by atoms with E-state index < -0.39 is 0 Å². The topological polar surface area (TPSA) is 79.4 Å². The van der Waals surface area contributed by atoms with Crippen molar-refractivity contribution in [3.8, 4) is 0 Å². The summed E-state index contributed by atoms with van der Waals surface area (Å²) in [5, 5.41) is 4.70. The Labute approximate surface area is 171 Å². The SMILES string of the molecule is CC(=Cc1ccccc1)C=C1SC(=O)N(CCCC(=O)Nc2nccs2)C1=O. The number of carbonyl (C=O) groups is 3. The number of hydrogen-bond acceptors (Lipinski definition) is 6. The lowest BCUT2D eigenvalue weighted by molar-refractivity contribution is -0.123. The van der Waals surface area contributed by atoms with E-state index in [4.69, 9.17) is 0 Å². The van der Waals surface area contributed by atoms with Crippen molar-refractivity contribution in [2.45, 2.75) is 19.8 Å². The highest BCUT2D eigenvalue weighted by Crippen LogP contribution is 2.32. The van der Waals surface area contributed by atoms with Gasteiger partial charge in [0.2, 0.25) is 5.91 Å². The fourth-order valence-electron chi connectivity index (χ4n) is 2.62. The Bertz CT molecular complexity index is 921. The standard InChI is InChI=1S/C20H19N3O3S2/c1-14(12-15-6-3-2-4-7-15)13-16-18(25)23(20(26)28-16)10-5-8-17(24)22-19-21-9-11-27-19/h2-4,6-7,9,11-13H,5,8,10H2,1H3,(H,21,22,24). The van der Waals surface area contributed by atoms with Gasteiger partial charge in [0.15, 0.2) is 5.13 Å². The molecule has 0 saturated carbocycles. The average molecular weight is 414 g/mol. The van der Waals surface area contributed by atoms with Crippen molar-refractivity contribution < 1.29 is 14.4 Å².